The van der Waals surface area contributed by atoms with Crippen LogP contribution < -0.4 is 5.32 Å². The molecule has 0 unspecified atom stereocenters. The van der Waals surface area contributed by atoms with E-state index in [1.807, 2.05) is 41.1 Å². The van der Waals surface area contributed by atoms with E-state index >= 15 is 0 Å². The molecular formula is C23H26ClN3O3S. The predicted octanol–water partition coefficient (Wildman–Crippen LogP) is 3.83. The Balaban J connectivity index is 1.41. The minimum Gasteiger partial charge on any atom is -0.354 e. The van der Waals surface area contributed by atoms with Gasteiger partial charge in [-0.25, -0.2) is 8.42 Å². The lowest BCUT2D eigenvalue weighted by molar-refractivity contribution is -0.121. The molecule has 164 valence electrons. The highest BCUT2D eigenvalue weighted by Gasteiger charge is 2.26. The number of rotatable bonds is 7. The van der Waals surface area contributed by atoms with Crippen LogP contribution in [0.25, 0.3) is 10.9 Å². The predicted molar refractivity (Wildman–Crippen MR) is 123 cm³/mol. The zero-order valence-electron chi connectivity index (χ0n) is 17.3. The number of carbonyl (C=O) groups is 1. The number of amides is 1. The SMILES string of the molecule is O=C(Cn1ccc2cc(S(=O)(=O)N3CCCCC3)ccc21)NCCc1ccccc1Cl. The Morgan fingerprint density at radius 3 is 2.58 bits per heavy atom. The van der Waals surface area contributed by atoms with Crippen molar-refractivity contribution in [1.29, 1.82) is 0 Å². The third-order valence-corrected chi connectivity index (χ3v) is 7.95. The van der Waals surface area contributed by atoms with Gasteiger partial charge in [-0.05, 0) is 55.2 Å². The van der Waals surface area contributed by atoms with Gasteiger partial charge in [-0.1, -0.05) is 36.2 Å². The van der Waals surface area contributed by atoms with Gasteiger partial charge in [0.2, 0.25) is 15.9 Å². The average Bonchev–Trinajstić information content (AvgIpc) is 3.17. The van der Waals surface area contributed by atoms with Crippen LogP contribution in [0.2, 0.25) is 5.02 Å². The minimum absolute atomic E-state index is 0.102. The van der Waals surface area contributed by atoms with E-state index in [1.54, 1.807) is 22.5 Å². The lowest BCUT2D eigenvalue weighted by atomic mass is 10.1. The van der Waals surface area contributed by atoms with Gasteiger partial charge in [0.25, 0.3) is 0 Å². The van der Waals surface area contributed by atoms with Crippen LogP contribution in [0.1, 0.15) is 24.8 Å². The van der Waals surface area contributed by atoms with Crippen molar-refractivity contribution in [2.75, 3.05) is 19.6 Å². The highest BCUT2D eigenvalue weighted by atomic mass is 35.5. The average molecular weight is 460 g/mol. The van der Waals surface area contributed by atoms with Crippen LogP contribution in [0, 0.1) is 0 Å². The molecule has 2 heterocycles. The highest BCUT2D eigenvalue weighted by molar-refractivity contribution is 7.89. The molecule has 1 aliphatic rings. The molecule has 2 aromatic carbocycles. The standard InChI is InChI=1S/C23H26ClN3O3S/c24-21-7-3-2-6-18(21)10-12-25-23(28)17-26-15-11-19-16-20(8-9-22(19)26)31(29,30)27-13-4-1-5-14-27/h2-3,6-9,11,15-16H,1,4-5,10,12-14,17H2,(H,25,28). The zero-order chi connectivity index (χ0) is 21.8. The van der Waals surface area contributed by atoms with Crippen molar-refractivity contribution >= 4 is 38.4 Å². The number of hydrogen-bond acceptors (Lipinski definition) is 3. The van der Waals surface area contributed by atoms with Gasteiger partial charge in [-0.15, -0.1) is 0 Å². The van der Waals surface area contributed by atoms with E-state index in [1.165, 1.54) is 0 Å². The molecular weight excluding hydrogens is 434 g/mol. The largest absolute Gasteiger partial charge is 0.354 e. The molecule has 1 fully saturated rings. The molecule has 31 heavy (non-hydrogen) atoms. The fraction of sp³-hybridized carbons (Fsp3) is 0.348. The first kappa shape index (κ1) is 21.9. The van der Waals surface area contributed by atoms with Crippen molar-refractivity contribution in [2.24, 2.45) is 0 Å². The van der Waals surface area contributed by atoms with Crippen molar-refractivity contribution < 1.29 is 13.2 Å². The molecule has 6 nitrogen and oxygen atoms in total. The van der Waals surface area contributed by atoms with Crippen molar-refractivity contribution in [3.05, 3.63) is 65.3 Å². The first-order valence-electron chi connectivity index (χ1n) is 10.5. The fourth-order valence-electron chi connectivity index (χ4n) is 3.98. The van der Waals surface area contributed by atoms with Crippen molar-refractivity contribution in [2.45, 2.75) is 37.1 Å². The summed E-state index contributed by atoms with van der Waals surface area (Å²) in [7, 11) is -3.48. The number of fused-ring (bicyclic) bond motifs is 1. The van der Waals surface area contributed by atoms with E-state index in [4.69, 9.17) is 11.6 Å². The number of nitrogens with one attached hydrogen (secondary N) is 1. The van der Waals surface area contributed by atoms with Gasteiger partial charge in [-0.2, -0.15) is 4.31 Å². The number of benzene rings is 2. The van der Waals surface area contributed by atoms with Gasteiger partial charge in [0.05, 0.1) is 4.90 Å². The lowest BCUT2D eigenvalue weighted by Gasteiger charge is -2.25. The maximum atomic E-state index is 12.9. The molecule has 0 saturated carbocycles. The Hall–Kier alpha value is -2.35. The molecule has 0 bridgehead atoms. The number of aromatic nitrogens is 1. The summed E-state index contributed by atoms with van der Waals surface area (Å²) in [6.07, 6.45) is 5.37. The zero-order valence-corrected chi connectivity index (χ0v) is 18.8. The van der Waals surface area contributed by atoms with E-state index in [0.717, 1.165) is 35.7 Å². The van der Waals surface area contributed by atoms with Gasteiger partial charge in [0.1, 0.15) is 6.54 Å². The monoisotopic (exact) mass is 459 g/mol. The highest BCUT2D eigenvalue weighted by Crippen LogP contribution is 2.25. The first-order valence-corrected chi connectivity index (χ1v) is 12.4. The van der Waals surface area contributed by atoms with Crippen LogP contribution in [-0.4, -0.2) is 42.8 Å². The normalized spacial score (nSPS) is 15.3. The van der Waals surface area contributed by atoms with Crippen molar-refractivity contribution in [3.8, 4) is 0 Å². The minimum atomic E-state index is -3.48. The third kappa shape index (κ3) is 4.95. The molecule has 0 atom stereocenters. The summed E-state index contributed by atoms with van der Waals surface area (Å²) < 4.78 is 29.2. The van der Waals surface area contributed by atoms with Gasteiger partial charge in [0.15, 0.2) is 0 Å². The van der Waals surface area contributed by atoms with Crippen molar-refractivity contribution in [3.63, 3.8) is 0 Å². The number of nitrogens with zero attached hydrogens (tertiary/aromatic N) is 2. The number of hydrogen-bond donors (Lipinski definition) is 1. The topological polar surface area (TPSA) is 71.4 Å². The van der Waals surface area contributed by atoms with E-state index in [2.05, 4.69) is 5.32 Å². The smallest absolute Gasteiger partial charge is 0.243 e. The molecule has 1 amide bonds. The molecule has 1 N–H and O–H groups in total. The summed E-state index contributed by atoms with van der Waals surface area (Å²) in [6.45, 7) is 1.83. The van der Waals surface area contributed by atoms with Gasteiger partial charge < -0.3 is 9.88 Å². The van der Waals surface area contributed by atoms with Crippen LogP contribution in [0.4, 0.5) is 0 Å². The molecule has 8 heteroatoms. The van der Waals surface area contributed by atoms with Crippen LogP contribution >= 0.6 is 11.6 Å². The van der Waals surface area contributed by atoms with E-state index in [0.29, 0.717) is 36.0 Å². The van der Waals surface area contributed by atoms with Crippen LogP contribution in [0.15, 0.2) is 59.6 Å². The quantitative estimate of drug-likeness (QED) is 0.583. The number of carbonyl (C=O) groups excluding carboxylic acids is 1. The summed E-state index contributed by atoms with van der Waals surface area (Å²) in [5.41, 5.74) is 1.83. The number of piperidine rings is 1. The second-order valence-electron chi connectivity index (χ2n) is 7.82. The van der Waals surface area contributed by atoms with E-state index < -0.39 is 10.0 Å². The number of halogens is 1. The van der Waals surface area contributed by atoms with Gasteiger partial charge >= 0.3 is 0 Å². The van der Waals surface area contributed by atoms with Gasteiger partial charge in [0, 0.05) is 41.8 Å². The maximum Gasteiger partial charge on any atom is 0.243 e. The summed E-state index contributed by atoms with van der Waals surface area (Å²) in [5.74, 6) is -0.102. The Kier molecular flexibility index (Phi) is 6.65. The first-order chi connectivity index (χ1) is 14.9. The maximum absolute atomic E-state index is 12.9. The summed E-state index contributed by atoms with van der Waals surface area (Å²) in [5, 5.41) is 4.42. The van der Waals surface area contributed by atoms with Crippen LogP contribution in [-0.2, 0) is 27.8 Å². The fourth-order valence-corrected chi connectivity index (χ4v) is 5.76. The molecule has 1 aliphatic heterocycles. The van der Waals surface area contributed by atoms with Gasteiger partial charge in [-0.3, -0.25) is 4.79 Å². The molecule has 0 aliphatic carbocycles. The second kappa shape index (κ2) is 9.42. The third-order valence-electron chi connectivity index (χ3n) is 5.68. The molecule has 1 saturated heterocycles. The molecule has 1 aromatic heterocycles. The van der Waals surface area contributed by atoms with Crippen molar-refractivity contribution in [1.82, 2.24) is 14.2 Å². The lowest BCUT2D eigenvalue weighted by Crippen LogP contribution is -2.35. The number of sulfonamides is 1. The Morgan fingerprint density at radius 2 is 1.81 bits per heavy atom. The molecule has 0 radical (unpaired) electrons. The summed E-state index contributed by atoms with van der Waals surface area (Å²) >= 11 is 6.15. The van der Waals surface area contributed by atoms with E-state index in [9.17, 15) is 13.2 Å². The van der Waals surface area contributed by atoms with Crippen LogP contribution in [0.3, 0.4) is 0 Å². The Labute approximate surface area is 187 Å². The molecule has 0 spiro atoms. The molecule has 4 rings (SSSR count). The Morgan fingerprint density at radius 1 is 1.03 bits per heavy atom. The molecule has 3 aromatic rings. The van der Waals surface area contributed by atoms with Crippen LogP contribution in [0.5, 0.6) is 0 Å². The Bertz CT molecular complexity index is 1180. The summed E-state index contributed by atoms with van der Waals surface area (Å²) in [4.78, 5) is 12.7. The second-order valence-corrected chi connectivity index (χ2v) is 10.2. The summed E-state index contributed by atoms with van der Waals surface area (Å²) in [6, 6.07) is 14.6. The van der Waals surface area contributed by atoms with E-state index in [-0.39, 0.29) is 12.5 Å².